The van der Waals surface area contributed by atoms with Gasteiger partial charge in [0.25, 0.3) is 0 Å². The third-order valence-electron chi connectivity index (χ3n) is 4.55. The summed E-state index contributed by atoms with van der Waals surface area (Å²) in [6, 6.07) is 9.27. The molecule has 0 saturated heterocycles. The quantitative estimate of drug-likeness (QED) is 0.904. The molecule has 0 amide bonds. The van der Waals surface area contributed by atoms with Crippen LogP contribution < -0.4 is 5.32 Å². The van der Waals surface area contributed by atoms with Crippen molar-refractivity contribution in [1.82, 2.24) is 10.3 Å². The predicted molar refractivity (Wildman–Crippen MR) is 80.4 cm³/mol. The Kier molecular flexibility index (Phi) is 3.28. The summed E-state index contributed by atoms with van der Waals surface area (Å²) in [5.41, 5.74) is 1.69. The average Bonchev–Trinajstić information content (AvgIpc) is 2.81. The molecule has 0 spiro atoms. The van der Waals surface area contributed by atoms with Gasteiger partial charge in [0.05, 0.1) is 0 Å². The molecule has 0 radical (unpaired) electrons. The van der Waals surface area contributed by atoms with E-state index in [9.17, 15) is 0 Å². The van der Waals surface area contributed by atoms with Crippen molar-refractivity contribution in [2.45, 2.75) is 44.6 Å². The number of nitrogens with zero attached hydrogens (tertiary/aromatic N) is 1. The van der Waals surface area contributed by atoms with E-state index < -0.39 is 0 Å². The molecule has 100 valence electrons. The minimum absolute atomic E-state index is 0.265. The van der Waals surface area contributed by atoms with Crippen LogP contribution in [-0.4, -0.2) is 17.6 Å². The van der Waals surface area contributed by atoms with Crippen molar-refractivity contribution in [2.75, 3.05) is 6.54 Å². The lowest BCUT2D eigenvalue weighted by atomic mass is 9.79. The van der Waals surface area contributed by atoms with Crippen molar-refractivity contribution in [3.05, 3.63) is 42.2 Å². The van der Waals surface area contributed by atoms with Crippen LogP contribution in [0.15, 0.2) is 36.7 Å². The summed E-state index contributed by atoms with van der Waals surface area (Å²) >= 11 is 0. The highest BCUT2D eigenvalue weighted by molar-refractivity contribution is 5.85. The first-order valence-electron chi connectivity index (χ1n) is 7.29. The Morgan fingerprint density at radius 2 is 2.16 bits per heavy atom. The largest absolute Gasteiger partial charge is 0.314 e. The first kappa shape index (κ1) is 12.6. The van der Waals surface area contributed by atoms with Gasteiger partial charge in [0.15, 0.2) is 0 Å². The van der Waals surface area contributed by atoms with Crippen LogP contribution in [0.5, 0.6) is 0 Å². The molecule has 0 aliphatic heterocycles. The summed E-state index contributed by atoms with van der Waals surface area (Å²) in [6.45, 7) is 5.65. The third-order valence-corrected chi connectivity index (χ3v) is 4.55. The topological polar surface area (TPSA) is 24.9 Å². The summed E-state index contributed by atoms with van der Waals surface area (Å²) in [5.74, 6) is 0. The van der Waals surface area contributed by atoms with Crippen LogP contribution in [0.25, 0.3) is 10.8 Å². The van der Waals surface area contributed by atoms with E-state index in [0.29, 0.717) is 6.04 Å². The van der Waals surface area contributed by atoms with Crippen molar-refractivity contribution in [3.8, 4) is 0 Å². The minimum atomic E-state index is 0.265. The SMILES string of the molecule is CCNC1CCC(C)(c2cncc3ccccc23)C1. The van der Waals surface area contributed by atoms with Crippen LogP contribution in [0.2, 0.25) is 0 Å². The summed E-state index contributed by atoms with van der Waals surface area (Å²) in [5, 5.41) is 6.23. The highest BCUT2D eigenvalue weighted by atomic mass is 14.9. The monoisotopic (exact) mass is 254 g/mol. The van der Waals surface area contributed by atoms with E-state index in [0.717, 1.165) is 6.54 Å². The van der Waals surface area contributed by atoms with Gasteiger partial charge in [-0.15, -0.1) is 0 Å². The first-order chi connectivity index (χ1) is 9.23. The maximum atomic E-state index is 4.45. The molecule has 3 rings (SSSR count). The maximum Gasteiger partial charge on any atom is 0.0346 e. The molecule has 1 N–H and O–H groups in total. The van der Waals surface area contributed by atoms with E-state index in [1.165, 1.54) is 35.6 Å². The van der Waals surface area contributed by atoms with Gasteiger partial charge in [-0.25, -0.2) is 0 Å². The van der Waals surface area contributed by atoms with Crippen molar-refractivity contribution in [2.24, 2.45) is 0 Å². The van der Waals surface area contributed by atoms with E-state index in [1.807, 2.05) is 6.20 Å². The average molecular weight is 254 g/mol. The van der Waals surface area contributed by atoms with Gasteiger partial charge in [0.2, 0.25) is 0 Å². The molecule has 1 aliphatic rings. The number of rotatable bonds is 3. The number of pyridine rings is 1. The van der Waals surface area contributed by atoms with Gasteiger partial charge in [0.1, 0.15) is 0 Å². The smallest absolute Gasteiger partial charge is 0.0346 e. The molecular weight excluding hydrogens is 232 g/mol. The van der Waals surface area contributed by atoms with Crippen LogP contribution in [0, 0.1) is 0 Å². The molecule has 1 fully saturated rings. The van der Waals surface area contributed by atoms with Crippen LogP contribution >= 0.6 is 0 Å². The number of hydrogen-bond donors (Lipinski definition) is 1. The Bertz CT molecular complexity index is 573. The maximum absolute atomic E-state index is 4.45. The second kappa shape index (κ2) is 4.93. The Balaban J connectivity index is 2.00. The highest BCUT2D eigenvalue weighted by Crippen LogP contribution is 2.42. The highest BCUT2D eigenvalue weighted by Gasteiger charge is 2.37. The fourth-order valence-corrected chi connectivity index (χ4v) is 3.55. The van der Waals surface area contributed by atoms with Gasteiger partial charge in [-0.1, -0.05) is 38.1 Å². The Hall–Kier alpha value is -1.41. The van der Waals surface area contributed by atoms with Gasteiger partial charge in [-0.3, -0.25) is 4.98 Å². The third kappa shape index (κ3) is 2.25. The standard InChI is InChI=1S/C17H22N2/c1-3-19-14-8-9-17(2,10-14)16-12-18-11-13-6-4-5-7-15(13)16/h4-7,11-12,14,19H,3,8-10H2,1-2H3. The van der Waals surface area contributed by atoms with Gasteiger partial charge in [-0.05, 0) is 42.2 Å². The lowest BCUT2D eigenvalue weighted by Gasteiger charge is -2.26. The van der Waals surface area contributed by atoms with E-state index in [2.05, 4.69) is 54.6 Å². The summed E-state index contributed by atoms with van der Waals surface area (Å²) in [4.78, 5) is 4.45. The molecule has 1 aromatic heterocycles. The Labute approximate surface area is 115 Å². The zero-order valence-corrected chi connectivity index (χ0v) is 11.8. The van der Waals surface area contributed by atoms with Gasteiger partial charge in [0, 0.05) is 23.8 Å². The normalized spacial score (nSPS) is 26.9. The van der Waals surface area contributed by atoms with Crippen molar-refractivity contribution in [3.63, 3.8) is 0 Å². The second-order valence-electron chi connectivity index (χ2n) is 5.97. The fourth-order valence-electron chi connectivity index (χ4n) is 3.55. The molecule has 2 aromatic rings. The van der Waals surface area contributed by atoms with E-state index in [1.54, 1.807) is 0 Å². The molecule has 1 heterocycles. The molecule has 2 unspecified atom stereocenters. The van der Waals surface area contributed by atoms with Crippen LogP contribution in [-0.2, 0) is 5.41 Å². The molecule has 19 heavy (non-hydrogen) atoms. The molecule has 2 nitrogen and oxygen atoms in total. The fraction of sp³-hybridized carbons (Fsp3) is 0.471. The summed E-state index contributed by atoms with van der Waals surface area (Å²) in [6.07, 6.45) is 7.79. The van der Waals surface area contributed by atoms with Crippen LogP contribution in [0.4, 0.5) is 0 Å². The molecule has 1 aromatic carbocycles. The van der Waals surface area contributed by atoms with Gasteiger partial charge in [-0.2, -0.15) is 0 Å². The van der Waals surface area contributed by atoms with Gasteiger partial charge >= 0.3 is 0 Å². The lowest BCUT2D eigenvalue weighted by Crippen LogP contribution is -2.28. The Morgan fingerprint density at radius 1 is 1.32 bits per heavy atom. The molecule has 2 heteroatoms. The molecular formula is C17H22N2. The first-order valence-corrected chi connectivity index (χ1v) is 7.29. The van der Waals surface area contributed by atoms with Crippen molar-refractivity contribution in [1.29, 1.82) is 0 Å². The molecule has 1 aliphatic carbocycles. The molecule has 1 saturated carbocycles. The van der Waals surface area contributed by atoms with Crippen LogP contribution in [0.1, 0.15) is 38.7 Å². The van der Waals surface area contributed by atoms with Crippen LogP contribution in [0.3, 0.4) is 0 Å². The zero-order chi connectivity index (χ0) is 13.3. The number of benzene rings is 1. The minimum Gasteiger partial charge on any atom is -0.314 e. The van der Waals surface area contributed by atoms with Crippen molar-refractivity contribution >= 4 is 10.8 Å². The summed E-state index contributed by atoms with van der Waals surface area (Å²) < 4.78 is 0. The lowest BCUT2D eigenvalue weighted by molar-refractivity contribution is 0.460. The second-order valence-corrected chi connectivity index (χ2v) is 5.97. The predicted octanol–water partition coefficient (Wildman–Crippen LogP) is 3.65. The molecule has 2 atom stereocenters. The zero-order valence-electron chi connectivity index (χ0n) is 11.8. The van der Waals surface area contributed by atoms with Gasteiger partial charge < -0.3 is 5.32 Å². The molecule has 0 bridgehead atoms. The van der Waals surface area contributed by atoms with E-state index >= 15 is 0 Å². The Morgan fingerprint density at radius 3 is 3.00 bits per heavy atom. The van der Waals surface area contributed by atoms with E-state index in [4.69, 9.17) is 0 Å². The number of fused-ring (bicyclic) bond motifs is 1. The van der Waals surface area contributed by atoms with Crippen molar-refractivity contribution < 1.29 is 0 Å². The number of aromatic nitrogens is 1. The number of nitrogens with one attached hydrogen (secondary N) is 1. The number of hydrogen-bond acceptors (Lipinski definition) is 2. The summed E-state index contributed by atoms with van der Waals surface area (Å²) in [7, 11) is 0. The van der Waals surface area contributed by atoms with E-state index in [-0.39, 0.29) is 5.41 Å².